The number of aryl methyl sites for hydroxylation is 1. The van der Waals surface area contributed by atoms with Crippen LogP contribution in [0.3, 0.4) is 0 Å². The minimum atomic E-state index is -0.197. The second-order valence-electron chi connectivity index (χ2n) is 4.86. The Labute approximate surface area is 118 Å². The highest BCUT2D eigenvalue weighted by Crippen LogP contribution is 2.19. The van der Waals surface area contributed by atoms with Crippen molar-refractivity contribution in [2.45, 2.75) is 19.9 Å². The van der Waals surface area contributed by atoms with E-state index < -0.39 is 0 Å². The molecule has 0 aliphatic rings. The zero-order chi connectivity index (χ0) is 14.7. The Balaban J connectivity index is 2.13. The zero-order valence-corrected chi connectivity index (χ0v) is 11.6. The molecule has 104 valence electrons. The molecule has 0 fully saturated rings. The summed E-state index contributed by atoms with van der Waals surface area (Å²) < 4.78 is 0. The van der Waals surface area contributed by atoms with Crippen molar-refractivity contribution in [2.24, 2.45) is 0 Å². The van der Waals surface area contributed by atoms with E-state index in [-0.39, 0.29) is 17.7 Å². The first-order valence-electron chi connectivity index (χ1n) is 6.43. The molecule has 0 aliphatic heterocycles. The summed E-state index contributed by atoms with van der Waals surface area (Å²) in [4.78, 5) is 12.1. The van der Waals surface area contributed by atoms with Gasteiger partial charge in [0.25, 0.3) is 5.91 Å². The normalized spacial score (nSPS) is 11.9. The maximum atomic E-state index is 12.1. The fraction of sp³-hybridized carbons (Fsp3) is 0.188. The lowest BCUT2D eigenvalue weighted by Crippen LogP contribution is -2.26. The largest absolute Gasteiger partial charge is 0.508 e. The van der Waals surface area contributed by atoms with Gasteiger partial charge < -0.3 is 16.2 Å². The van der Waals surface area contributed by atoms with Crippen LogP contribution in [0.5, 0.6) is 5.75 Å². The first-order valence-corrected chi connectivity index (χ1v) is 6.43. The molecule has 4 heteroatoms. The van der Waals surface area contributed by atoms with Gasteiger partial charge in [0.1, 0.15) is 5.75 Å². The molecule has 1 amide bonds. The number of rotatable bonds is 3. The summed E-state index contributed by atoms with van der Waals surface area (Å²) in [6.45, 7) is 3.76. The van der Waals surface area contributed by atoms with Crippen molar-refractivity contribution in [3.63, 3.8) is 0 Å². The van der Waals surface area contributed by atoms with Gasteiger partial charge >= 0.3 is 0 Å². The highest BCUT2D eigenvalue weighted by molar-refractivity contribution is 5.95. The van der Waals surface area contributed by atoms with Crippen molar-refractivity contribution in [3.8, 4) is 5.75 Å². The number of phenols is 1. The maximum Gasteiger partial charge on any atom is 0.251 e. The Kier molecular flexibility index (Phi) is 3.94. The number of nitrogens with two attached hydrogens (primary N) is 1. The predicted molar refractivity (Wildman–Crippen MR) is 79.6 cm³/mol. The molecule has 2 rings (SSSR count). The van der Waals surface area contributed by atoms with E-state index in [0.717, 1.165) is 11.1 Å². The average molecular weight is 270 g/mol. The quantitative estimate of drug-likeness (QED) is 0.751. The first-order chi connectivity index (χ1) is 9.47. The number of carbonyl (C=O) groups excluding carboxylic acids is 1. The van der Waals surface area contributed by atoms with Gasteiger partial charge in [0.05, 0.1) is 6.04 Å². The molecule has 4 N–H and O–H groups in total. The van der Waals surface area contributed by atoms with Gasteiger partial charge in [-0.25, -0.2) is 0 Å². The van der Waals surface area contributed by atoms with E-state index in [1.807, 2.05) is 26.0 Å². The molecule has 0 saturated carbocycles. The molecule has 1 unspecified atom stereocenters. The highest BCUT2D eigenvalue weighted by Gasteiger charge is 2.12. The molecule has 0 bridgehead atoms. The molecule has 0 spiro atoms. The van der Waals surface area contributed by atoms with Crippen LogP contribution in [-0.2, 0) is 0 Å². The van der Waals surface area contributed by atoms with Crippen molar-refractivity contribution in [3.05, 3.63) is 59.2 Å². The summed E-state index contributed by atoms with van der Waals surface area (Å²) in [5.41, 5.74) is 8.73. The van der Waals surface area contributed by atoms with E-state index in [9.17, 15) is 9.90 Å². The van der Waals surface area contributed by atoms with Crippen LogP contribution in [-0.4, -0.2) is 11.0 Å². The van der Waals surface area contributed by atoms with E-state index in [1.54, 1.807) is 30.3 Å². The Morgan fingerprint density at radius 3 is 2.65 bits per heavy atom. The van der Waals surface area contributed by atoms with Crippen molar-refractivity contribution in [1.82, 2.24) is 5.32 Å². The Morgan fingerprint density at radius 2 is 2.00 bits per heavy atom. The third kappa shape index (κ3) is 3.09. The van der Waals surface area contributed by atoms with Gasteiger partial charge in [0, 0.05) is 11.3 Å². The number of anilines is 1. The fourth-order valence-corrected chi connectivity index (χ4v) is 1.94. The molecule has 2 aromatic rings. The van der Waals surface area contributed by atoms with Crippen LogP contribution >= 0.6 is 0 Å². The number of phenolic OH excluding ortho intramolecular Hbond substituents is 1. The number of benzene rings is 2. The third-order valence-corrected chi connectivity index (χ3v) is 3.26. The lowest BCUT2D eigenvalue weighted by atomic mass is 10.1. The Hall–Kier alpha value is -2.49. The maximum absolute atomic E-state index is 12.1. The van der Waals surface area contributed by atoms with E-state index in [2.05, 4.69) is 5.32 Å². The molecule has 0 aliphatic carbocycles. The van der Waals surface area contributed by atoms with Crippen molar-refractivity contribution < 1.29 is 9.90 Å². The SMILES string of the molecule is Cc1ccc(C(=O)NC(C)c2cccc(O)c2)cc1N. The number of nitrogen functional groups attached to an aromatic ring is 1. The molecular formula is C16H18N2O2. The molecule has 4 nitrogen and oxygen atoms in total. The molecule has 0 heterocycles. The second-order valence-corrected chi connectivity index (χ2v) is 4.86. The van der Waals surface area contributed by atoms with Crippen LogP contribution in [0.15, 0.2) is 42.5 Å². The number of carbonyl (C=O) groups is 1. The smallest absolute Gasteiger partial charge is 0.251 e. The number of hydrogen-bond donors (Lipinski definition) is 3. The van der Waals surface area contributed by atoms with Crippen molar-refractivity contribution in [1.29, 1.82) is 0 Å². The summed E-state index contributed by atoms with van der Waals surface area (Å²) in [6, 6.07) is 11.9. The number of amides is 1. The van der Waals surface area contributed by atoms with Crippen molar-refractivity contribution in [2.75, 3.05) is 5.73 Å². The van der Waals surface area contributed by atoms with E-state index in [4.69, 9.17) is 5.73 Å². The topological polar surface area (TPSA) is 75.3 Å². The first kappa shape index (κ1) is 13.9. The summed E-state index contributed by atoms with van der Waals surface area (Å²) in [5.74, 6) is -0.00396. The van der Waals surface area contributed by atoms with Crippen LogP contribution in [0.25, 0.3) is 0 Å². The number of hydrogen-bond acceptors (Lipinski definition) is 3. The minimum Gasteiger partial charge on any atom is -0.508 e. The van der Waals surface area contributed by atoms with Gasteiger partial charge in [-0.2, -0.15) is 0 Å². The Morgan fingerprint density at radius 1 is 1.25 bits per heavy atom. The van der Waals surface area contributed by atoms with Gasteiger partial charge in [-0.1, -0.05) is 18.2 Å². The third-order valence-electron chi connectivity index (χ3n) is 3.26. The molecular weight excluding hydrogens is 252 g/mol. The monoisotopic (exact) mass is 270 g/mol. The summed E-state index contributed by atoms with van der Waals surface area (Å²) >= 11 is 0. The fourth-order valence-electron chi connectivity index (χ4n) is 1.94. The van der Waals surface area contributed by atoms with Gasteiger partial charge in [0.15, 0.2) is 0 Å². The highest BCUT2D eigenvalue weighted by atomic mass is 16.3. The van der Waals surface area contributed by atoms with Crippen molar-refractivity contribution >= 4 is 11.6 Å². The molecule has 1 atom stereocenters. The molecule has 0 aromatic heterocycles. The zero-order valence-electron chi connectivity index (χ0n) is 11.6. The van der Waals surface area contributed by atoms with Gasteiger partial charge in [-0.15, -0.1) is 0 Å². The number of aromatic hydroxyl groups is 1. The van der Waals surface area contributed by atoms with E-state index in [0.29, 0.717) is 11.3 Å². The summed E-state index contributed by atoms with van der Waals surface area (Å²) in [6.07, 6.45) is 0. The number of nitrogens with one attached hydrogen (secondary N) is 1. The lowest BCUT2D eigenvalue weighted by Gasteiger charge is -2.15. The molecule has 0 saturated heterocycles. The van der Waals surface area contributed by atoms with Crippen LogP contribution in [0.1, 0.15) is 34.5 Å². The predicted octanol–water partition coefficient (Wildman–Crippen LogP) is 2.77. The van der Waals surface area contributed by atoms with Gasteiger partial charge in [-0.3, -0.25) is 4.79 Å². The Bertz CT molecular complexity index is 638. The second kappa shape index (κ2) is 5.65. The van der Waals surface area contributed by atoms with Crippen LogP contribution < -0.4 is 11.1 Å². The lowest BCUT2D eigenvalue weighted by molar-refractivity contribution is 0.0940. The van der Waals surface area contributed by atoms with Gasteiger partial charge in [-0.05, 0) is 49.2 Å². The van der Waals surface area contributed by atoms with Crippen LogP contribution in [0, 0.1) is 6.92 Å². The standard InChI is InChI=1S/C16H18N2O2/c1-10-6-7-13(9-15(10)17)16(20)18-11(2)12-4-3-5-14(19)8-12/h3-9,11,19H,17H2,1-2H3,(H,18,20). The molecule has 20 heavy (non-hydrogen) atoms. The van der Waals surface area contributed by atoms with E-state index >= 15 is 0 Å². The van der Waals surface area contributed by atoms with Gasteiger partial charge in [0.2, 0.25) is 0 Å². The van der Waals surface area contributed by atoms with E-state index in [1.165, 1.54) is 0 Å². The van der Waals surface area contributed by atoms with Crippen LogP contribution in [0.4, 0.5) is 5.69 Å². The summed E-state index contributed by atoms with van der Waals surface area (Å²) in [5, 5.41) is 12.3. The molecule has 2 aromatic carbocycles. The molecule has 0 radical (unpaired) electrons. The van der Waals surface area contributed by atoms with Crippen LogP contribution in [0.2, 0.25) is 0 Å². The average Bonchev–Trinajstić information content (AvgIpc) is 2.41. The minimum absolute atomic E-state index is 0.183. The summed E-state index contributed by atoms with van der Waals surface area (Å²) in [7, 11) is 0.